The molecule has 2 amide bonds. The van der Waals surface area contributed by atoms with E-state index in [2.05, 4.69) is 21.0 Å². The summed E-state index contributed by atoms with van der Waals surface area (Å²) in [6.07, 6.45) is 8.02. The Bertz CT molecular complexity index is 998. The van der Waals surface area contributed by atoms with E-state index in [-0.39, 0.29) is 23.6 Å². The monoisotopic (exact) mass is 407 g/mol. The Labute approximate surface area is 173 Å². The lowest BCUT2D eigenvalue weighted by molar-refractivity contribution is -0.182. The molecule has 0 unspecified atom stereocenters. The van der Waals surface area contributed by atoms with Crippen LogP contribution < -0.4 is 10.6 Å². The molecular weight excluding hydrogens is 386 g/mol. The van der Waals surface area contributed by atoms with Gasteiger partial charge in [0, 0.05) is 37.8 Å². The summed E-state index contributed by atoms with van der Waals surface area (Å²) in [4.78, 5) is 44.5. The molecule has 154 valence electrons. The Kier molecular flexibility index (Phi) is 5.54. The summed E-state index contributed by atoms with van der Waals surface area (Å²) < 4.78 is 0. The van der Waals surface area contributed by atoms with Crippen molar-refractivity contribution in [2.45, 2.75) is 25.3 Å². The van der Waals surface area contributed by atoms with E-state index in [0.717, 1.165) is 5.56 Å². The maximum absolute atomic E-state index is 13.1. The highest BCUT2D eigenvalue weighted by molar-refractivity contribution is 5.90. The molecule has 2 aliphatic rings. The Morgan fingerprint density at radius 1 is 1.13 bits per heavy atom. The van der Waals surface area contributed by atoms with Crippen molar-refractivity contribution < 1.29 is 14.4 Å². The second kappa shape index (κ2) is 8.42. The maximum atomic E-state index is 13.1. The number of nitriles is 1. The van der Waals surface area contributed by atoms with Crippen LogP contribution >= 0.6 is 0 Å². The topological polar surface area (TPSA) is 138 Å². The molecule has 1 atom stereocenters. The van der Waals surface area contributed by atoms with E-state index in [1.54, 1.807) is 18.5 Å². The fourth-order valence-electron chi connectivity index (χ4n) is 3.85. The summed E-state index contributed by atoms with van der Waals surface area (Å²) in [7, 11) is 0. The first kappa shape index (κ1) is 19.7. The molecule has 0 aliphatic carbocycles. The van der Waals surface area contributed by atoms with Crippen molar-refractivity contribution >= 4 is 17.6 Å². The molecule has 2 aromatic heterocycles. The van der Waals surface area contributed by atoms with Gasteiger partial charge in [0.25, 0.3) is 5.91 Å². The Morgan fingerprint density at radius 3 is 2.63 bits per heavy atom. The second-order valence-electron chi connectivity index (χ2n) is 7.31. The van der Waals surface area contributed by atoms with E-state index in [9.17, 15) is 9.59 Å². The van der Waals surface area contributed by atoms with E-state index in [1.165, 1.54) is 17.5 Å². The van der Waals surface area contributed by atoms with Crippen LogP contribution in [0.5, 0.6) is 0 Å². The summed E-state index contributed by atoms with van der Waals surface area (Å²) in [5, 5.41) is 10.6. The number of nitrogens with zero attached hydrogens (tertiary/aromatic N) is 6. The van der Waals surface area contributed by atoms with Gasteiger partial charge in [-0.15, -0.1) is 0 Å². The predicted octanol–water partition coefficient (Wildman–Crippen LogP) is 0.964. The number of hydroxylamine groups is 2. The normalized spacial score (nSPS) is 19.5. The Morgan fingerprint density at radius 2 is 1.90 bits per heavy atom. The van der Waals surface area contributed by atoms with Crippen LogP contribution in [0.1, 0.15) is 46.9 Å². The molecule has 0 bridgehead atoms. The molecular formula is C20H21N7O3. The van der Waals surface area contributed by atoms with Crippen LogP contribution in [0, 0.1) is 17.2 Å². The average Bonchev–Trinajstić information content (AvgIpc) is 3.29. The van der Waals surface area contributed by atoms with Crippen molar-refractivity contribution in [3.8, 4) is 6.07 Å². The number of primary amides is 1. The highest BCUT2D eigenvalue weighted by Gasteiger charge is 2.37. The molecule has 2 aliphatic heterocycles. The van der Waals surface area contributed by atoms with Crippen LogP contribution in [-0.4, -0.2) is 51.5 Å². The number of nitrogens with two attached hydrogens (primary N) is 1. The molecule has 4 heterocycles. The Hall–Kier alpha value is -3.58. The molecule has 0 spiro atoms. The maximum Gasteiger partial charge on any atom is 0.268 e. The molecule has 2 aromatic rings. The van der Waals surface area contributed by atoms with Gasteiger partial charge < -0.3 is 10.6 Å². The van der Waals surface area contributed by atoms with E-state index in [4.69, 9.17) is 15.8 Å². The zero-order chi connectivity index (χ0) is 21.1. The van der Waals surface area contributed by atoms with Gasteiger partial charge in [0.05, 0.1) is 30.6 Å². The third-order valence-corrected chi connectivity index (χ3v) is 5.44. The summed E-state index contributed by atoms with van der Waals surface area (Å²) in [5.74, 6) is -0.286. The number of rotatable bonds is 4. The van der Waals surface area contributed by atoms with Crippen molar-refractivity contribution in [2.24, 2.45) is 11.7 Å². The summed E-state index contributed by atoms with van der Waals surface area (Å²) in [6.45, 7) is 1.66. The highest BCUT2D eigenvalue weighted by atomic mass is 16.7. The molecule has 4 rings (SSSR count). The van der Waals surface area contributed by atoms with Gasteiger partial charge in [0.15, 0.2) is 0 Å². The lowest BCUT2D eigenvalue weighted by atomic mass is 9.94. The summed E-state index contributed by atoms with van der Waals surface area (Å²) >= 11 is 0. The number of anilines is 1. The molecule has 2 saturated heterocycles. The average molecular weight is 407 g/mol. The van der Waals surface area contributed by atoms with Crippen molar-refractivity contribution in [3.05, 3.63) is 47.7 Å². The van der Waals surface area contributed by atoms with Crippen molar-refractivity contribution in [1.82, 2.24) is 20.0 Å². The molecule has 10 heteroatoms. The number of amides is 2. The summed E-state index contributed by atoms with van der Waals surface area (Å²) in [6, 6.07) is 3.59. The minimum absolute atomic E-state index is 0.0588. The number of piperidine rings is 1. The van der Waals surface area contributed by atoms with Gasteiger partial charge in [-0.25, -0.2) is 10.0 Å². The predicted molar refractivity (Wildman–Crippen MR) is 105 cm³/mol. The van der Waals surface area contributed by atoms with Crippen LogP contribution in [0.15, 0.2) is 30.9 Å². The van der Waals surface area contributed by atoms with Crippen LogP contribution in [0.25, 0.3) is 0 Å². The number of carbonyl (C=O) groups excluding carboxylic acids is 2. The number of hydrogen-bond acceptors (Lipinski definition) is 8. The molecule has 30 heavy (non-hydrogen) atoms. The van der Waals surface area contributed by atoms with Gasteiger partial charge in [-0.2, -0.15) is 5.26 Å². The third kappa shape index (κ3) is 3.92. The highest BCUT2D eigenvalue weighted by Crippen LogP contribution is 2.33. The van der Waals surface area contributed by atoms with Crippen LogP contribution in [-0.2, 0) is 9.63 Å². The lowest BCUT2D eigenvalue weighted by Crippen LogP contribution is -2.42. The lowest BCUT2D eigenvalue weighted by Gasteiger charge is -2.34. The molecule has 0 radical (unpaired) electrons. The Balaban J connectivity index is 1.42. The summed E-state index contributed by atoms with van der Waals surface area (Å²) in [5.41, 5.74) is 6.65. The second-order valence-corrected chi connectivity index (χ2v) is 7.31. The van der Waals surface area contributed by atoms with Crippen LogP contribution in [0.2, 0.25) is 0 Å². The smallest absolute Gasteiger partial charge is 0.268 e. The van der Waals surface area contributed by atoms with Crippen molar-refractivity contribution in [2.75, 3.05) is 24.6 Å². The fraction of sp³-hybridized carbons (Fsp3) is 0.400. The van der Waals surface area contributed by atoms with Gasteiger partial charge in [0.2, 0.25) is 5.91 Å². The van der Waals surface area contributed by atoms with Gasteiger partial charge >= 0.3 is 0 Å². The molecule has 0 saturated carbocycles. The largest absolute Gasteiger partial charge is 0.364 e. The first-order chi connectivity index (χ1) is 14.6. The van der Waals surface area contributed by atoms with Crippen LogP contribution in [0.4, 0.5) is 5.82 Å². The van der Waals surface area contributed by atoms with Gasteiger partial charge in [-0.3, -0.25) is 24.4 Å². The zero-order valence-electron chi connectivity index (χ0n) is 16.3. The van der Waals surface area contributed by atoms with Gasteiger partial charge in [-0.05, 0) is 24.5 Å². The van der Waals surface area contributed by atoms with Gasteiger partial charge in [-0.1, -0.05) is 0 Å². The molecule has 10 nitrogen and oxygen atoms in total. The van der Waals surface area contributed by atoms with E-state index in [1.807, 2.05) is 4.90 Å². The molecule has 2 N–H and O–H groups in total. The van der Waals surface area contributed by atoms with Crippen molar-refractivity contribution in [3.63, 3.8) is 0 Å². The fourth-order valence-corrected chi connectivity index (χ4v) is 3.85. The SMILES string of the molecule is N#Cc1cncc([C@@H]2CCON2C(=O)C2CCN(c3cncc(C(N)=O)n3)CC2)c1. The van der Waals surface area contributed by atoms with Crippen LogP contribution in [0.3, 0.4) is 0 Å². The minimum Gasteiger partial charge on any atom is -0.364 e. The quantitative estimate of drug-likeness (QED) is 0.791. The van der Waals surface area contributed by atoms with Gasteiger partial charge in [0.1, 0.15) is 17.6 Å². The standard InChI is InChI=1S/C20H21N7O3/c21-8-13-7-15(10-23-9-13)17-3-6-30-27(17)20(29)14-1-4-26(5-2-14)18-12-24-11-16(25-18)19(22)28/h7,9-12,14,17H,1-6H2,(H2,22,28)/t17-/m0/s1. The first-order valence-electron chi connectivity index (χ1n) is 9.74. The third-order valence-electron chi connectivity index (χ3n) is 5.44. The number of aromatic nitrogens is 3. The van der Waals surface area contributed by atoms with E-state index in [0.29, 0.717) is 50.3 Å². The van der Waals surface area contributed by atoms with E-state index >= 15 is 0 Å². The van der Waals surface area contributed by atoms with E-state index < -0.39 is 5.91 Å². The molecule has 2 fully saturated rings. The first-order valence-corrected chi connectivity index (χ1v) is 9.74. The number of carbonyl (C=O) groups is 2. The minimum atomic E-state index is -0.624. The molecule has 0 aromatic carbocycles. The number of pyridine rings is 1. The van der Waals surface area contributed by atoms with Crippen molar-refractivity contribution in [1.29, 1.82) is 5.26 Å². The zero-order valence-corrected chi connectivity index (χ0v) is 16.3. The number of hydrogen-bond donors (Lipinski definition) is 1.